The van der Waals surface area contributed by atoms with Crippen molar-refractivity contribution >= 4 is 17.5 Å². The van der Waals surface area contributed by atoms with Crippen LogP contribution in [0.2, 0.25) is 5.02 Å². The Hall–Kier alpha value is -1.85. The monoisotopic (exact) mass is 319 g/mol. The number of nitrogens with zero attached hydrogens (tertiary/aromatic N) is 3. The van der Waals surface area contributed by atoms with E-state index in [9.17, 15) is 9.90 Å². The van der Waals surface area contributed by atoms with Gasteiger partial charge in [-0.15, -0.1) is 0 Å². The first-order valence-corrected chi connectivity index (χ1v) is 7.67. The number of hydrogen-bond donors (Lipinski definition) is 1. The summed E-state index contributed by atoms with van der Waals surface area (Å²) >= 11 is 6.13. The number of carbonyl (C=O) groups excluding carboxylic acids is 1. The number of likely N-dealkylation sites (N-methyl/N-ethyl adjacent to an activating group) is 1. The van der Waals surface area contributed by atoms with Crippen LogP contribution in [0.1, 0.15) is 23.2 Å². The highest BCUT2D eigenvalue weighted by Gasteiger charge is 2.31. The molecule has 1 fully saturated rings. The molecule has 1 aliphatic rings. The van der Waals surface area contributed by atoms with E-state index in [1.807, 2.05) is 18.2 Å². The Balaban J connectivity index is 1.72. The lowest BCUT2D eigenvalue weighted by molar-refractivity contribution is 0.0645. The van der Waals surface area contributed by atoms with Crippen LogP contribution < -0.4 is 0 Å². The first-order valence-electron chi connectivity index (χ1n) is 7.29. The van der Waals surface area contributed by atoms with Gasteiger partial charge in [-0.2, -0.15) is 5.10 Å². The number of amides is 1. The minimum atomic E-state index is -0.437. The average molecular weight is 320 g/mol. The van der Waals surface area contributed by atoms with Crippen LogP contribution in [0, 0.1) is 5.92 Å². The fourth-order valence-electron chi connectivity index (χ4n) is 2.42. The second kappa shape index (κ2) is 6.10. The van der Waals surface area contributed by atoms with Gasteiger partial charge >= 0.3 is 0 Å². The average Bonchev–Trinajstić information content (AvgIpc) is 3.25. The number of aliphatic hydroxyl groups is 1. The maximum Gasteiger partial charge on any atom is 0.256 e. The molecule has 5 nitrogen and oxygen atoms in total. The van der Waals surface area contributed by atoms with Crippen molar-refractivity contribution in [3.8, 4) is 5.69 Å². The van der Waals surface area contributed by atoms with Gasteiger partial charge in [0.1, 0.15) is 0 Å². The van der Waals surface area contributed by atoms with E-state index in [0.29, 0.717) is 23.0 Å². The molecular formula is C16H18ClN3O2. The van der Waals surface area contributed by atoms with E-state index in [1.54, 1.807) is 24.0 Å². The van der Waals surface area contributed by atoms with Crippen molar-refractivity contribution in [2.45, 2.75) is 18.9 Å². The summed E-state index contributed by atoms with van der Waals surface area (Å²) in [4.78, 5) is 13.9. The highest BCUT2D eigenvalue weighted by molar-refractivity contribution is 6.32. The number of halogens is 1. The minimum absolute atomic E-state index is 0.155. The molecule has 1 aromatic carbocycles. The van der Waals surface area contributed by atoms with Crippen molar-refractivity contribution in [2.75, 3.05) is 13.6 Å². The fraction of sp³-hybridized carbons (Fsp3) is 0.375. The number of benzene rings is 1. The number of rotatable bonds is 5. The molecule has 2 aromatic rings. The predicted octanol–water partition coefficient (Wildman–Crippen LogP) is 2.37. The number of hydrogen-bond acceptors (Lipinski definition) is 3. The topological polar surface area (TPSA) is 58.4 Å². The first kappa shape index (κ1) is 15.1. The highest BCUT2D eigenvalue weighted by Crippen LogP contribution is 2.32. The Morgan fingerprint density at radius 1 is 1.50 bits per heavy atom. The van der Waals surface area contributed by atoms with Crippen molar-refractivity contribution in [1.29, 1.82) is 0 Å². The maximum atomic E-state index is 12.4. The number of aromatic nitrogens is 2. The van der Waals surface area contributed by atoms with Gasteiger partial charge in [-0.25, -0.2) is 4.68 Å². The lowest BCUT2D eigenvalue weighted by Gasteiger charge is -2.20. The lowest BCUT2D eigenvalue weighted by Crippen LogP contribution is -2.35. The molecule has 0 spiro atoms. The number of carbonyl (C=O) groups is 1. The second-order valence-electron chi connectivity index (χ2n) is 5.72. The second-order valence-corrected chi connectivity index (χ2v) is 6.12. The molecule has 1 atom stereocenters. The molecule has 1 saturated carbocycles. The van der Waals surface area contributed by atoms with Gasteiger partial charge in [0.05, 0.1) is 28.6 Å². The van der Waals surface area contributed by atoms with E-state index in [0.717, 1.165) is 18.5 Å². The zero-order valence-electron chi connectivity index (χ0n) is 12.3. The summed E-state index contributed by atoms with van der Waals surface area (Å²) < 4.78 is 1.58. The molecule has 6 heteroatoms. The Morgan fingerprint density at radius 2 is 2.23 bits per heavy atom. The molecule has 0 bridgehead atoms. The summed E-state index contributed by atoms with van der Waals surface area (Å²) in [5.74, 6) is 0.194. The van der Waals surface area contributed by atoms with Crippen molar-refractivity contribution < 1.29 is 9.90 Å². The molecule has 0 saturated heterocycles. The normalized spacial score (nSPS) is 15.6. The van der Waals surface area contributed by atoms with E-state index in [-0.39, 0.29) is 5.91 Å². The minimum Gasteiger partial charge on any atom is -0.391 e. The summed E-state index contributed by atoms with van der Waals surface area (Å²) in [5, 5.41) is 14.7. The summed E-state index contributed by atoms with van der Waals surface area (Å²) in [5.41, 5.74) is 1.20. The SMILES string of the molecule is CN(CC(O)C1CC1)C(=O)c1cnn(-c2ccccc2Cl)c1. The van der Waals surface area contributed by atoms with E-state index in [1.165, 1.54) is 11.1 Å². The molecule has 0 radical (unpaired) electrons. The molecule has 0 aliphatic heterocycles. The summed E-state index contributed by atoms with van der Waals surface area (Å²) in [7, 11) is 1.70. The Labute approximate surface area is 134 Å². The molecule has 116 valence electrons. The third-order valence-electron chi connectivity index (χ3n) is 3.90. The Kier molecular flexibility index (Phi) is 4.18. The number of para-hydroxylation sites is 1. The third-order valence-corrected chi connectivity index (χ3v) is 4.22. The van der Waals surface area contributed by atoms with Gasteiger partial charge < -0.3 is 10.0 Å². The zero-order valence-corrected chi connectivity index (χ0v) is 13.1. The maximum absolute atomic E-state index is 12.4. The van der Waals surface area contributed by atoms with Crippen molar-refractivity contribution in [3.05, 3.63) is 47.2 Å². The van der Waals surface area contributed by atoms with Gasteiger partial charge in [-0.1, -0.05) is 23.7 Å². The van der Waals surface area contributed by atoms with Gasteiger partial charge in [0.15, 0.2) is 0 Å². The van der Waals surface area contributed by atoms with Crippen molar-refractivity contribution in [1.82, 2.24) is 14.7 Å². The van der Waals surface area contributed by atoms with Gasteiger partial charge in [0.2, 0.25) is 0 Å². The van der Waals surface area contributed by atoms with E-state index in [2.05, 4.69) is 5.10 Å². The van der Waals surface area contributed by atoms with E-state index >= 15 is 0 Å². The van der Waals surface area contributed by atoms with E-state index in [4.69, 9.17) is 11.6 Å². The molecule has 1 N–H and O–H groups in total. The molecule has 1 aromatic heterocycles. The van der Waals surface area contributed by atoms with Crippen LogP contribution in [0.15, 0.2) is 36.7 Å². The molecule has 22 heavy (non-hydrogen) atoms. The Bertz CT molecular complexity index is 682. The van der Waals surface area contributed by atoms with Crippen LogP contribution in [0.5, 0.6) is 0 Å². The van der Waals surface area contributed by atoms with Gasteiger partial charge in [0.25, 0.3) is 5.91 Å². The smallest absolute Gasteiger partial charge is 0.256 e. The molecule has 1 aliphatic carbocycles. The fourth-order valence-corrected chi connectivity index (χ4v) is 2.64. The van der Waals surface area contributed by atoms with Gasteiger partial charge in [-0.3, -0.25) is 4.79 Å². The van der Waals surface area contributed by atoms with Crippen LogP contribution in [0.4, 0.5) is 0 Å². The molecule has 3 rings (SSSR count). The van der Waals surface area contributed by atoms with Crippen LogP contribution in [-0.4, -0.2) is 45.4 Å². The quantitative estimate of drug-likeness (QED) is 0.920. The summed E-state index contributed by atoms with van der Waals surface area (Å²) in [6.45, 7) is 0.348. The molecule has 1 amide bonds. The van der Waals surface area contributed by atoms with Gasteiger partial charge in [0, 0.05) is 19.8 Å². The largest absolute Gasteiger partial charge is 0.391 e. The first-order chi connectivity index (χ1) is 10.6. The third kappa shape index (κ3) is 3.15. The summed E-state index contributed by atoms with van der Waals surface area (Å²) in [6, 6.07) is 7.32. The van der Waals surface area contributed by atoms with Gasteiger partial charge in [-0.05, 0) is 30.9 Å². The van der Waals surface area contributed by atoms with Crippen LogP contribution in [0.25, 0.3) is 5.69 Å². The molecule has 1 unspecified atom stereocenters. The number of aliphatic hydroxyl groups excluding tert-OH is 1. The lowest BCUT2D eigenvalue weighted by atomic mass is 10.2. The van der Waals surface area contributed by atoms with E-state index < -0.39 is 6.10 Å². The zero-order chi connectivity index (χ0) is 15.7. The van der Waals surface area contributed by atoms with Crippen LogP contribution >= 0.6 is 11.6 Å². The summed E-state index contributed by atoms with van der Waals surface area (Å²) in [6.07, 6.45) is 4.84. The Morgan fingerprint density at radius 3 is 2.91 bits per heavy atom. The molecule has 1 heterocycles. The standard InChI is InChI=1S/C16H18ClN3O2/c1-19(10-15(21)11-6-7-11)16(22)12-8-18-20(9-12)14-5-3-2-4-13(14)17/h2-5,8-9,11,15,21H,6-7,10H2,1H3. The van der Waals surface area contributed by atoms with Crippen LogP contribution in [-0.2, 0) is 0 Å². The van der Waals surface area contributed by atoms with Crippen molar-refractivity contribution in [2.24, 2.45) is 5.92 Å². The van der Waals surface area contributed by atoms with Crippen LogP contribution in [0.3, 0.4) is 0 Å². The highest BCUT2D eigenvalue weighted by atomic mass is 35.5. The predicted molar refractivity (Wildman–Crippen MR) is 84.3 cm³/mol. The molecular weight excluding hydrogens is 302 g/mol. The van der Waals surface area contributed by atoms with Crippen molar-refractivity contribution in [3.63, 3.8) is 0 Å².